The lowest BCUT2D eigenvalue weighted by Crippen LogP contribution is -2.33. The fraction of sp³-hybridized carbons (Fsp3) is 0.571. The Kier molecular flexibility index (Phi) is 3.28. The molecule has 7 nitrogen and oxygen atoms in total. The van der Waals surface area contributed by atoms with Crippen molar-refractivity contribution in [2.75, 3.05) is 13.7 Å². The van der Waals surface area contributed by atoms with Crippen LogP contribution in [0.2, 0.25) is 0 Å². The molecule has 0 aromatic carbocycles. The van der Waals surface area contributed by atoms with Crippen LogP contribution in [0.4, 0.5) is 0 Å². The number of nitrogens with one attached hydrogen (secondary N) is 1. The lowest BCUT2D eigenvalue weighted by molar-refractivity contribution is -0.148. The number of cyclic esters (lactones) is 1. The third kappa shape index (κ3) is 1.79. The van der Waals surface area contributed by atoms with Crippen LogP contribution in [0.25, 0.3) is 0 Å². The van der Waals surface area contributed by atoms with Crippen molar-refractivity contribution in [1.29, 1.82) is 0 Å². The summed E-state index contributed by atoms with van der Waals surface area (Å²) in [6.45, 7) is -0.609. The summed E-state index contributed by atoms with van der Waals surface area (Å²) in [7, 11) is 1.41. The van der Waals surface area contributed by atoms with Gasteiger partial charge in [-0.05, 0) is 0 Å². The second kappa shape index (κ2) is 4.27. The molecule has 14 heavy (non-hydrogen) atoms. The van der Waals surface area contributed by atoms with Gasteiger partial charge in [0, 0.05) is 7.05 Å². The molecule has 0 saturated heterocycles. The number of hydrogen-bond donors (Lipinski definition) is 4. The molecule has 0 unspecified atom stereocenters. The van der Waals surface area contributed by atoms with Crippen LogP contribution < -0.4 is 5.48 Å². The molecular weight excluding hydrogens is 194 g/mol. The quantitative estimate of drug-likeness (QED) is 0.316. The molecule has 0 amide bonds. The number of hydroxylamine groups is 1. The van der Waals surface area contributed by atoms with Crippen LogP contribution in [-0.4, -0.2) is 47.2 Å². The lowest BCUT2D eigenvalue weighted by atomic mass is 10.2. The highest BCUT2D eigenvalue weighted by atomic mass is 16.7. The number of carbonyl (C=O) groups excluding carboxylic acids is 1. The van der Waals surface area contributed by atoms with E-state index in [0.717, 1.165) is 0 Å². The zero-order chi connectivity index (χ0) is 10.7. The molecule has 1 rings (SSSR count). The molecule has 2 atom stereocenters. The summed E-state index contributed by atoms with van der Waals surface area (Å²) in [5.74, 6) is -1.94. The van der Waals surface area contributed by atoms with Crippen LogP contribution in [0, 0.1) is 0 Å². The van der Waals surface area contributed by atoms with E-state index in [-0.39, 0.29) is 5.76 Å². The van der Waals surface area contributed by atoms with E-state index in [1.54, 1.807) is 0 Å². The maximum Gasteiger partial charge on any atom is 0.378 e. The van der Waals surface area contributed by atoms with Gasteiger partial charge >= 0.3 is 5.97 Å². The molecule has 80 valence electrons. The average Bonchev–Trinajstić information content (AvgIpc) is 2.45. The lowest BCUT2D eigenvalue weighted by Gasteiger charge is -2.16. The molecule has 7 heteroatoms. The van der Waals surface area contributed by atoms with Gasteiger partial charge in [0.1, 0.15) is 6.10 Å². The molecule has 0 fully saturated rings. The van der Waals surface area contributed by atoms with Gasteiger partial charge < -0.3 is 24.9 Å². The van der Waals surface area contributed by atoms with Crippen molar-refractivity contribution in [2.24, 2.45) is 0 Å². The second-order valence-electron chi connectivity index (χ2n) is 2.59. The minimum Gasteiger partial charge on any atom is -0.499 e. The minimum atomic E-state index is -1.33. The third-order valence-corrected chi connectivity index (χ3v) is 1.67. The average molecular weight is 205 g/mol. The molecular formula is C7H11NO6. The normalized spacial score (nSPS) is 23.6. The molecule has 0 aromatic heterocycles. The minimum absolute atomic E-state index is 0.237. The largest absolute Gasteiger partial charge is 0.499 e. The predicted octanol–water partition coefficient (Wildman–Crippen LogP) is -1.81. The Hall–Kier alpha value is -1.31. The third-order valence-electron chi connectivity index (χ3n) is 1.67. The van der Waals surface area contributed by atoms with Crippen molar-refractivity contribution < 1.29 is 29.7 Å². The van der Waals surface area contributed by atoms with Gasteiger partial charge in [-0.3, -0.25) is 0 Å². The number of esters is 1. The zero-order valence-electron chi connectivity index (χ0n) is 7.43. The Morgan fingerprint density at radius 2 is 2.36 bits per heavy atom. The second-order valence-corrected chi connectivity index (χ2v) is 2.59. The Morgan fingerprint density at radius 3 is 2.86 bits per heavy atom. The number of carbonyl (C=O) groups is 1. The Morgan fingerprint density at radius 1 is 1.71 bits per heavy atom. The first-order chi connectivity index (χ1) is 6.61. The van der Waals surface area contributed by atoms with Crippen molar-refractivity contribution in [3.63, 3.8) is 0 Å². The van der Waals surface area contributed by atoms with Crippen LogP contribution in [0.15, 0.2) is 11.5 Å². The van der Waals surface area contributed by atoms with Crippen molar-refractivity contribution in [3.8, 4) is 0 Å². The number of rotatable bonds is 4. The van der Waals surface area contributed by atoms with Gasteiger partial charge in [0.2, 0.25) is 11.5 Å². The molecule has 1 aliphatic rings. The van der Waals surface area contributed by atoms with E-state index in [1.165, 1.54) is 7.05 Å². The first kappa shape index (κ1) is 10.8. The maximum atomic E-state index is 10.9. The highest BCUT2D eigenvalue weighted by Crippen LogP contribution is 2.23. The molecule has 0 bridgehead atoms. The Balaban J connectivity index is 2.84. The summed E-state index contributed by atoms with van der Waals surface area (Å²) in [4.78, 5) is 15.5. The molecule has 0 aromatic rings. The van der Waals surface area contributed by atoms with E-state index in [9.17, 15) is 9.90 Å². The summed E-state index contributed by atoms with van der Waals surface area (Å²) in [6.07, 6.45) is -2.51. The molecule has 0 aliphatic carbocycles. The highest BCUT2D eigenvalue weighted by molar-refractivity contribution is 5.89. The van der Waals surface area contributed by atoms with E-state index in [0.29, 0.717) is 0 Å². The topological polar surface area (TPSA) is 108 Å². The van der Waals surface area contributed by atoms with Crippen molar-refractivity contribution in [2.45, 2.75) is 12.2 Å². The number of ether oxygens (including phenoxy) is 1. The van der Waals surface area contributed by atoms with Gasteiger partial charge in [-0.15, -0.1) is 0 Å². The molecule has 0 spiro atoms. The van der Waals surface area contributed by atoms with Crippen molar-refractivity contribution in [3.05, 3.63) is 11.5 Å². The summed E-state index contributed by atoms with van der Waals surface area (Å²) in [5.41, 5.74) is 2.23. The van der Waals surface area contributed by atoms with Gasteiger partial charge in [0.15, 0.2) is 6.10 Å². The van der Waals surface area contributed by atoms with E-state index in [1.807, 2.05) is 0 Å². The molecule has 1 heterocycles. The SMILES string of the molecule is CNOC1=C(O)C(=O)O[C@@H]1[C@@H](O)CO. The molecule has 0 radical (unpaired) electrons. The number of aliphatic hydroxyl groups excluding tert-OH is 3. The van der Waals surface area contributed by atoms with Gasteiger partial charge in [0.25, 0.3) is 0 Å². The predicted molar refractivity (Wildman–Crippen MR) is 42.8 cm³/mol. The first-order valence-electron chi connectivity index (χ1n) is 3.88. The Bertz CT molecular complexity index is 263. The fourth-order valence-corrected chi connectivity index (χ4v) is 1.03. The van der Waals surface area contributed by atoms with Gasteiger partial charge in [-0.2, -0.15) is 5.48 Å². The summed E-state index contributed by atoms with van der Waals surface area (Å²) in [6, 6.07) is 0. The molecule has 0 saturated carbocycles. The fourth-order valence-electron chi connectivity index (χ4n) is 1.03. The van der Waals surface area contributed by atoms with Crippen molar-refractivity contribution >= 4 is 5.97 Å². The number of hydrogen-bond acceptors (Lipinski definition) is 7. The van der Waals surface area contributed by atoms with Crippen LogP contribution in [-0.2, 0) is 14.4 Å². The molecule has 1 aliphatic heterocycles. The Labute approximate surface area is 79.5 Å². The van der Waals surface area contributed by atoms with Crippen molar-refractivity contribution in [1.82, 2.24) is 5.48 Å². The van der Waals surface area contributed by atoms with Gasteiger partial charge in [0.05, 0.1) is 6.61 Å². The smallest absolute Gasteiger partial charge is 0.378 e. The monoisotopic (exact) mass is 205 g/mol. The van der Waals surface area contributed by atoms with Gasteiger partial charge in [-0.25, -0.2) is 4.79 Å². The van der Waals surface area contributed by atoms with E-state index in [2.05, 4.69) is 15.1 Å². The first-order valence-corrected chi connectivity index (χ1v) is 3.88. The van der Waals surface area contributed by atoms with Crippen LogP contribution in [0.3, 0.4) is 0 Å². The maximum absolute atomic E-state index is 10.9. The van der Waals surface area contributed by atoms with Crippen LogP contribution in [0.5, 0.6) is 0 Å². The van der Waals surface area contributed by atoms with Gasteiger partial charge in [-0.1, -0.05) is 0 Å². The summed E-state index contributed by atoms with van der Waals surface area (Å²) >= 11 is 0. The number of aliphatic hydroxyl groups is 3. The van der Waals surface area contributed by atoms with E-state index in [4.69, 9.17) is 10.2 Å². The van der Waals surface area contributed by atoms with Crippen LogP contribution in [0.1, 0.15) is 0 Å². The van der Waals surface area contributed by atoms with E-state index < -0.39 is 30.5 Å². The summed E-state index contributed by atoms with van der Waals surface area (Å²) < 4.78 is 4.55. The molecule has 4 N–H and O–H groups in total. The van der Waals surface area contributed by atoms with E-state index >= 15 is 0 Å². The summed E-state index contributed by atoms with van der Waals surface area (Å²) in [5, 5.41) is 27.0. The zero-order valence-corrected chi connectivity index (χ0v) is 7.43. The standard InChI is InChI=1S/C7H11NO6/c1-8-14-6-4(11)7(12)13-5(6)3(10)2-9/h3,5,8-11H,2H2,1H3/t3-,5+/m0/s1. The highest BCUT2D eigenvalue weighted by Gasteiger charge is 2.40. The van der Waals surface area contributed by atoms with Crippen LogP contribution >= 0.6 is 0 Å².